The quantitative estimate of drug-likeness (QED) is 0.325. The van der Waals surface area contributed by atoms with Crippen molar-refractivity contribution in [1.82, 2.24) is 0 Å². The lowest BCUT2D eigenvalue weighted by molar-refractivity contribution is 0.0924. The van der Waals surface area contributed by atoms with Crippen molar-refractivity contribution in [2.45, 2.75) is 55.5 Å². The summed E-state index contributed by atoms with van der Waals surface area (Å²) in [7, 11) is 1.84. The minimum absolute atomic E-state index is 0.459. The largest absolute Gasteiger partial charge is 0.380 e. The van der Waals surface area contributed by atoms with Crippen molar-refractivity contribution < 1.29 is 4.74 Å². The van der Waals surface area contributed by atoms with Crippen molar-refractivity contribution in [3.63, 3.8) is 0 Å². The molecule has 0 fully saturated rings. The summed E-state index contributed by atoms with van der Waals surface area (Å²) in [6, 6.07) is 0. The molecule has 86 valence electrons. The van der Waals surface area contributed by atoms with Gasteiger partial charge in [-0.2, -0.15) is 0 Å². The SMILES string of the molecule is CCCCC[C@@H](OC)[C@H](I)CCCBr. The molecule has 0 aliphatic rings. The van der Waals surface area contributed by atoms with Gasteiger partial charge in [0.2, 0.25) is 0 Å². The van der Waals surface area contributed by atoms with E-state index in [2.05, 4.69) is 45.4 Å². The molecule has 0 radical (unpaired) electrons. The first-order valence-electron chi connectivity index (χ1n) is 5.49. The fourth-order valence-corrected chi connectivity index (χ4v) is 2.92. The van der Waals surface area contributed by atoms with E-state index < -0.39 is 0 Å². The molecule has 0 spiro atoms. The Bertz CT molecular complexity index is 122. The van der Waals surface area contributed by atoms with Crippen molar-refractivity contribution in [3.05, 3.63) is 0 Å². The molecule has 0 amide bonds. The van der Waals surface area contributed by atoms with Gasteiger partial charge in [-0.05, 0) is 19.3 Å². The fourth-order valence-electron chi connectivity index (χ4n) is 1.50. The third kappa shape index (κ3) is 7.46. The maximum Gasteiger partial charge on any atom is 0.0688 e. The average Bonchev–Trinajstić information content (AvgIpc) is 2.21. The fraction of sp³-hybridized carbons (Fsp3) is 1.00. The summed E-state index contributed by atoms with van der Waals surface area (Å²) in [6.07, 6.45) is 8.13. The zero-order chi connectivity index (χ0) is 10.8. The Morgan fingerprint density at radius 3 is 2.43 bits per heavy atom. The van der Waals surface area contributed by atoms with Gasteiger partial charge in [0.25, 0.3) is 0 Å². The van der Waals surface area contributed by atoms with E-state index in [-0.39, 0.29) is 0 Å². The molecule has 0 unspecified atom stereocenters. The Balaban J connectivity index is 3.62. The van der Waals surface area contributed by atoms with Crippen LogP contribution in [-0.2, 0) is 4.74 Å². The minimum Gasteiger partial charge on any atom is -0.380 e. The summed E-state index contributed by atoms with van der Waals surface area (Å²) in [4.78, 5) is 0. The lowest BCUT2D eigenvalue weighted by atomic mass is 10.1. The molecule has 0 saturated heterocycles. The number of ether oxygens (including phenoxy) is 1. The van der Waals surface area contributed by atoms with E-state index in [9.17, 15) is 0 Å². The van der Waals surface area contributed by atoms with Gasteiger partial charge in [0, 0.05) is 16.4 Å². The Morgan fingerprint density at radius 2 is 1.93 bits per heavy atom. The third-order valence-corrected chi connectivity index (χ3v) is 4.40. The first-order valence-corrected chi connectivity index (χ1v) is 7.85. The number of hydrogen-bond donors (Lipinski definition) is 0. The van der Waals surface area contributed by atoms with Gasteiger partial charge >= 0.3 is 0 Å². The molecule has 0 aliphatic carbocycles. The molecule has 0 aromatic rings. The molecular weight excluding hydrogens is 355 g/mol. The van der Waals surface area contributed by atoms with E-state index in [0.717, 1.165) is 5.33 Å². The van der Waals surface area contributed by atoms with Crippen molar-refractivity contribution >= 4 is 38.5 Å². The summed E-state index contributed by atoms with van der Waals surface area (Å²) < 4.78 is 6.21. The van der Waals surface area contributed by atoms with Gasteiger partial charge in [-0.25, -0.2) is 0 Å². The standard InChI is InChI=1S/C11H22BrIO/c1-3-4-5-8-11(14-2)10(13)7-6-9-12/h10-11H,3-9H2,1-2H3/t10-,11-/m1/s1. The second-order valence-electron chi connectivity index (χ2n) is 3.62. The van der Waals surface area contributed by atoms with Gasteiger partial charge < -0.3 is 4.74 Å². The van der Waals surface area contributed by atoms with Crippen molar-refractivity contribution in [1.29, 1.82) is 0 Å². The van der Waals surface area contributed by atoms with Crippen LogP contribution in [0.15, 0.2) is 0 Å². The predicted octanol–water partition coefficient (Wildman–Crippen LogP) is 4.56. The zero-order valence-electron chi connectivity index (χ0n) is 9.27. The molecule has 1 nitrogen and oxygen atoms in total. The monoisotopic (exact) mass is 376 g/mol. The highest BCUT2D eigenvalue weighted by Gasteiger charge is 2.16. The van der Waals surface area contributed by atoms with Crippen molar-refractivity contribution in [2.75, 3.05) is 12.4 Å². The van der Waals surface area contributed by atoms with Crippen LogP contribution in [0.5, 0.6) is 0 Å². The van der Waals surface area contributed by atoms with Gasteiger partial charge in [0.1, 0.15) is 0 Å². The Kier molecular flexibility index (Phi) is 11.6. The molecule has 0 rings (SSSR count). The topological polar surface area (TPSA) is 9.23 Å². The smallest absolute Gasteiger partial charge is 0.0688 e. The van der Waals surface area contributed by atoms with Gasteiger partial charge in [0.05, 0.1) is 6.10 Å². The van der Waals surface area contributed by atoms with E-state index in [4.69, 9.17) is 4.74 Å². The lowest BCUT2D eigenvalue weighted by Crippen LogP contribution is -2.23. The molecule has 2 atom stereocenters. The Morgan fingerprint density at radius 1 is 1.21 bits per heavy atom. The summed E-state index contributed by atoms with van der Waals surface area (Å²) in [6.45, 7) is 2.24. The van der Waals surface area contributed by atoms with Gasteiger partial charge in [-0.15, -0.1) is 0 Å². The van der Waals surface area contributed by atoms with Crippen LogP contribution in [0.3, 0.4) is 0 Å². The minimum atomic E-state index is 0.459. The molecule has 0 aromatic heterocycles. The maximum absolute atomic E-state index is 5.53. The molecular formula is C11H22BrIO. The number of unbranched alkanes of at least 4 members (excludes halogenated alkanes) is 2. The van der Waals surface area contributed by atoms with Crippen LogP contribution < -0.4 is 0 Å². The van der Waals surface area contributed by atoms with Crippen LogP contribution >= 0.6 is 38.5 Å². The van der Waals surface area contributed by atoms with Crippen molar-refractivity contribution in [3.8, 4) is 0 Å². The lowest BCUT2D eigenvalue weighted by Gasteiger charge is -2.20. The highest BCUT2D eigenvalue weighted by Crippen LogP contribution is 2.21. The average molecular weight is 377 g/mol. The number of alkyl halides is 2. The van der Waals surface area contributed by atoms with E-state index in [0.29, 0.717) is 10.0 Å². The molecule has 0 saturated carbocycles. The number of methoxy groups -OCH3 is 1. The van der Waals surface area contributed by atoms with Crippen LogP contribution in [0.1, 0.15) is 45.4 Å². The Hall–Kier alpha value is 1.17. The van der Waals surface area contributed by atoms with E-state index in [1.54, 1.807) is 0 Å². The van der Waals surface area contributed by atoms with Crippen LogP contribution in [-0.4, -0.2) is 22.5 Å². The number of hydrogen-bond acceptors (Lipinski definition) is 1. The van der Waals surface area contributed by atoms with Gasteiger partial charge in [-0.3, -0.25) is 0 Å². The first kappa shape index (κ1) is 15.2. The second-order valence-corrected chi connectivity index (χ2v) is 6.01. The summed E-state index contributed by atoms with van der Waals surface area (Å²) in [5.74, 6) is 0. The van der Waals surface area contributed by atoms with Crippen LogP contribution in [0, 0.1) is 0 Å². The predicted molar refractivity (Wildman–Crippen MR) is 75.8 cm³/mol. The third-order valence-electron chi connectivity index (χ3n) is 2.41. The summed E-state index contributed by atoms with van der Waals surface area (Å²) >= 11 is 6.00. The van der Waals surface area contributed by atoms with E-state index in [1.807, 2.05) is 7.11 Å². The highest BCUT2D eigenvalue weighted by atomic mass is 127. The first-order chi connectivity index (χ1) is 6.76. The van der Waals surface area contributed by atoms with E-state index >= 15 is 0 Å². The van der Waals surface area contributed by atoms with Crippen LogP contribution in [0.2, 0.25) is 0 Å². The van der Waals surface area contributed by atoms with Gasteiger partial charge in [0.15, 0.2) is 0 Å². The summed E-state index contributed by atoms with van der Waals surface area (Å²) in [5, 5.41) is 1.11. The molecule has 0 N–H and O–H groups in total. The Labute approximate surface area is 111 Å². The van der Waals surface area contributed by atoms with Crippen LogP contribution in [0.25, 0.3) is 0 Å². The summed E-state index contributed by atoms with van der Waals surface area (Å²) in [5.41, 5.74) is 0. The molecule has 14 heavy (non-hydrogen) atoms. The molecule has 0 bridgehead atoms. The van der Waals surface area contributed by atoms with Gasteiger partial charge in [-0.1, -0.05) is 64.7 Å². The maximum atomic E-state index is 5.53. The molecule has 0 aliphatic heterocycles. The zero-order valence-corrected chi connectivity index (χ0v) is 13.0. The second kappa shape index (κ2) is 10.7. The number of halogens is 2. The molecule has 0 heterocycles. The molecule has 3 heteroatoms. The van der Waals surface area contributed by atoms with E-state index in [1.165, 1.54) is 38.5 Å². The van der Waals surface area contributed by atoms with Crippen molar-refractivity contribution in [2.24, 2.45) is 0 Å². The van der Waals surface area contributed by atoms with Crippen LogP contribution in [0.4, 0.5) is 0 Å². The normalized spacial score (nSPS) is 15.4. The molecule has 0 aromatic carbocycles. The number of rotatable bonds is 9. The highest BCUT2D eigenvalue weighted by molar-refractivity contribution is 14.1.